The Morgan fingerprint density at radius 1 is 1.16 bits per heavy atom. The lowest BCUT2D eigenvalue weighted by Gasteiger charge is -2.22. The number of H-pyrrole nitrogens is 1. The monoisotopic (exact) mass is 592 g/mol. The average molecular weight is 593 g/mol. The summed E-state index contributed by atoms with van der Waals surface area (Å²) in [5.74, 6) is -0.0930. The van der Waals surface area contributed by atoms with E-state index in [-0.39, 0.29) is 49.8 Å². The highest BCUT2D eigenvalue weighted by molar-refractivity contribution is 7.91. The lowest BCUT2D eigenvalue weighted by molar-refractivity contribution is -0.138. The summed E-state index contributed by atoms with van der Waals surface area (Å²) < 4.78 is 68.2. The van der Waals surface area contributed by atoms with Crippen LogP contribution < -0.4 is 17.0 Å². The first-order valence-corrected chi connectivity index (χ1v) is 14.2. The van der Waals surface area contributed by atoms with Crippen molar-refractivity contribution in [3.63, 3.8) is 0 Å². The third-order valence-electron chi connectivity index (χ3n) is 6.78. The molecule has 1 atom stereocenters. The molecule has 2 aromatic carbocycles. The molecule has 4 rings (SSSR count). The summed E-state index contributed by atoms with van der Waals surface area (Å²) >= 11 is 12.4. The first-order chi connectivity index (χ1) is 17.8. The number of fused-ring (bicyclic) bond motifs is 1. The molecule has 1 aliphatic rings. The molecular formula is C24H25Cl2F3N4O4S. The number of sulfone groups is 1. The Labute approximate surface area is 226 Å². The third-order valence-corrected chi connectivity index (χ3v) is 9.26. The van der Waals surface area contributed by atoms with Crippen LogP contribution in [-0.4, -0.2) is 48.3 Å². The Kier molecular flexibility index (Phi) is 8.02. The van der Waals surface area contributed by atoms with E-state index >= 15 is 0 Å². The number of hydrogen-bond acceptors (Lipinski definition) is 6. The molecule has 1 aromatic heterocycles. The first-order valence-electron chi connectivity index (χ1n) is 11.8. The van der Waals surface area contributed by atoms with E-state index in [9.17, 15) is 31.2 Å². The Balaban J connectivity index is 1.88. The van der Waals surface area contributed by atoms with Crippen molar-refractivity contribution in [1.29, 1.82) is 0 Å². The summed E-state index contributed by atoms with van der Waals surface area (Å²) in [7, 11) is -3.76. The molecule has 0 aliphatic carbocycles. The van der Waals surface area contributed by atoms with E-state index in [1.54, 1.807) is 4.90 Å². The molecule has 1 fully saturated rings. The number of rotatable bonds is 7. The van der Waals surface area contributed by atoms with Crippen LogP contribution in [0.4, 0.5) is 13.2 Å². The quantitative estimate of drug-likeness (QED) is 0.432. The summed E-state index contributed by atoms with van der Waals surface area (Å²) in [6, 6.07) is 4.59. The van der Waals surface area contributed by atoms with Crippen molar-refractivity contribution in [2.45, 2.75) is 37.5 Å². The van der Waals surface area contributed by atoms with Crippen LogP contribution in [0.3, 0.4) is 0 Å². The van der Waals surface area contributed by atoms with Crippen LogP contribution in [0, 0.1) is 5.92 Å². The molecule has 1 aliphatic heterocycles. The fourth-order valence-corrected chi connectivity index (χ4v) is 6.33. The minimum absolute atomic E-state index is 0.0496. The van der Waals surface area contributed by atoms with Gasteiger partial charge in [-0.3, -0.25) is 14.3 Å². The second-order valence-electron chi connectivity index (χ2n) is 9.24. The molecule has 1 saturated heterocycles. The Morgan fingerprint density at radius 3 is 2.47 bits per heavy atom. The van der Waals surface area contributed by atoms with Gasteiger partial charge in [-0.15, -0.1) is 0 Å². The van der Waals surface area contributed by atoms with Crippen molar-refractivity contribution in [3.8, 4) is 0 Å². The Hall–Kier alpha value is -2.38. The maximum Gasteiger partial charge on any atom is 0.416 e. The third kappa shape index (κ3) is 5.50. The van der Waals surface area contributed by atoms with Gasteiger partial charge in [-0.05, 0) is 60.8 Å². The van der Waals surface area contributed by atoms with Gasteiger partial charge in [0.2, 0.25) is 0 Å². The predicted molar refractivity (Wildman–Crippen MR) is 140 cm³/mol. The van der Waals surface area contributed by atoms with Crippen molar-refractivity contribution < 1.29 is 21.6 Å². The number of aromatic amines is 1. The summed E-state index contributed by atoms with van der Waals surface area (Å²) in [6.07, 6.45) is -4.09. The van der Waals surface area contributed by atoms with E-state index < -0.39 is 44.8 Å². The van der Waals surface area contributed by atoms with Crippen LogP contribution in [0.2, 0.25) is 10.0 Å². The molecule has 0 unspecified atom stereocenters. The van der Waals surface area contributed by atoms with Crippen molar-refractivity contribution >= 4 is 43.9 Å². The maximum absolute atomic E-state index is 14.1. The summed E-state index contributed by atoms with van der Waals surface area (Å²) in [5, 5.41) is -0.663. The largest absolute Gasteiger partial charge is 0.416 e. The minimum Gasteiger partial charge on any atom is -0.330 e. The lowest BCUT2D eigenvalue weighted by Crippen LogP contribution is -2.36. The lowest BCUT2D eigenvalue weighted by atomic mass is 10.0. The maximum atomic E-state index is 14.1. The van der Waals surface area contributed by atoms with Crippen molar-refractivity contribution in [2.24, 2.45) is 11.7 Å². The molecule has 3 N–H and O–H groups in total. The van der Waals surface area contributed by atoms with E-state index in [0.29, 0.717) is 30.3 Å². The van der Waals surface area contributed by atoms with Crippen molar-refractivity contribution in [1.82, 2.24) is 14.5 Å². The summed E-state index contributed by atoms with van der Waals surface area (Å²) in [5.41, 5.74) is 2.19. The fourth-order valence-electron chi connectivity index (χ4n) is 4.72. The molecular weight excluding hydrogens is 568 g/mol. The van der Waals surface area contributed by atoms with Crippen LogP contribution in [0.15, 0.2) is 38.8 Å². The van der Waals surface area contributed by atoms with E-state index in [2.05, 4.69) is 4.98 Å². The van der Waals surface area contributed by atoms with Gasteiger partial charge in [0.15, 0.2) is 9.84 Å². The number of aromatic nitrogens is 2. The molecule has 0 amide bonds. The number of nitrogens with zero attached hydrogens (tertiary/aromatic N) is 2. The molecule has 0 saturated carbocycles. The number of alkyl halides is 3. The van der Waals surface area contributed by atoms with Gasteiger partial charge in [0, 0.05) is 18.1 Å². The molecule has 0 spiro atoms. The van der Waals surface area contributed by atoms with Gasteiger partial charge in [0.25, 0.3) is 5.56 Å². The molecule has 206 valence electrons. The van der Waals surface area contributed by atoms with Crippen LogP contribution in [0.5, 0.6) is 0 Å². The van der Waals surface area contributed by atoms with Crippen LogP contribution >= 0.6 is 23.2 Å². The van der Waals surface area contributed by atoms with Crippen LogP contribution in [0.25, 0.3) is 10.9 Å². The summed E-state index contributed by atoms with van der Waals surface area (Å²) in [4.78, 5) is 30.4. The fraction of sp³-hybridized carbons (Fsp3) is 0.417. The SMILES string of the molecule is CCS(=O)(=O)c1ccc(Cl)cc1Cn1c(=O)[nH]c2c(Cl)c(CN3CC[C@@H](CN)C3)c(C(F)(F)F)cc2c1=O. The number of benzene rings is 2. The van der Waals surface area contributed by atoms with E-state index in [1.165, 1.54) is 25.1 Å². The highest BCUT2D eigenvalue weighted by atomic mass is 35.5. The number of hydrogen-bond donors (Lipinski definition) is 2. The minimum atomic E-state index is -4.83. The van der Waals surface area contributed by atoms with Crippen molar-refractivity contribution in [2.75, 3.05) is 25.4 Å². The normalized spacial score (nSPS) is 17.0. The Morgan fingerprint density at radius 2 is 1.87 bits per heavy atom. The number of nitrogens with one attached hydrogen (secondary N) is 1. The zero-order chi connectivity index (χ0) is 28.0. The average Bonchev–Trinajstić information content (AvgIpc) is 3.30. The zero-order valence-electron chi connectivity index (χ0n) is 20.2. The standard InChI is InChI=1S/C24H25Cl2F3N4O4S/c1-2-38(36,37)19-4-3-15(25)7-14(19)11-33-22(34)16-8-18(24(27,28)29)17(20(26)21(16)31-23(33)35)12-32-6-5-13(9-30)10-32/h3-4,7-8,13H,2,5-6,9-12,30H2,1H3,(H,31,35)/t13-/m0/s1. The van der Waals surface area contributed by atoms with Crippen molar-refractivity contribution in [3.05, 3.63) is 71.8 Å². The van der Waals surface area contributed by atoms with Gasteiger partial charge >= 0.3 is 11.9 Å². The molecule has 0 bridgehead atoms. The molecule has 2 heterocycles. The number of halogens is 5. The zero-order valence-corrected chi connectivity index (χ0v) is 22.6. The topological polar surface area (TPSA) is 118 Å². The molecule has 14 heteroatoms. The van der Waals surface area contributed by atoms with E-state index in [4.69, 9.17) is 28.9 Å². The predicted octanol–water partition coefficient (Wildman–Crippen LogP) is 3.64. The number of nitrogens with two attached hydrogens (primary N) is 1. The Bertz CT molecular complexity index is 1620. The summed E-state index contributed by atoms with van der Waals surface area (Å²) in [6.45, 7) is 2.21. The number of likely N-dealkylation sites (tertiary alicyclic amines) is 1. The highest BCUT2D eigenvalue weighted by Crippen LogP contribution is 2.39. The van der Waals surface area contributed by atoms with E-state index in [1.807, 2.05) is 0 Å². The van der Waals surface area contributed by atoms with Crippen LogP contribution in [-0.2, 0) is 29.1 Å². The molecule has 0 radical (unpaired) electrons. The van der Waals surface area contributed by atoms with Gasteiger partial charge in [-0.2, -0.15) is 13.2 Å². The second kappa shape index (κ2) is 10.6. The van der Waals surface area contributed by atoms with Gasteiger partial charge < -0.3 is 10.7 Å². The molecule has 38 heavy (non-hydrogen) atoms. The first kappa shape index (κ1) is 28.6. The van der Waals surface area contributed by atoms with E-state index in [0.717, 1.165) is 6.42 Å². The van der Waals surface area contributed by atoms with Gasteiger partial charge in [-0.25, -0.2) is 13.2 Å². The van der Waals surface area contributed by atoms with Gasteiger partial charge in [0.1, 0.15) is 0 Å². The van der Waals surface area contributed by atoms with Crippen LogP contribution in [0.1, 0.15) is 30.0 Å². The van der Waals surface area contributed by atoms with Gasteiger partial charge in [-0.1, -0.05) is 30.1 Å². The smallest absolute Gasteiger partial charge is 0.330 e. The molecule has 3 aromatic rings. The van der Waals surface area contributed by atoms with Gasteiger partial charge in [0.05, 0.1) is 38.7 Å². The second-order valence-corrected chi connectivity index (χ2v) is 12.3. The highest BCUT2D eigenvalue weighted by Gasteiger charge is 2.37. The molecule has 8 nitrogen and oxygen atoms in total.